The van der Waals surface area contributed by atoms with E-state index in [0.717, 1.165) is 0 Å². The molecule has 102 valence electrons. The zero-order chi connectivity index (χ0) is 14.4. The highest BCUT2D eigenvalue weighted by Crippen LogP contribution is 2.11. The second-order valence-corrected chi connectivity index (χ2v) is 4.58. The van der Waals surface area contributed by atoms with Gasteiger partial charge in [0.15, 0.2) is 5.11 Å². The van der Waals surface area contributed by atoms with Gasteiger partial charge in [0.1, 0.15) is 0 Å². The van der Waals surface area contributed by atoms with Crippen LogP contribution in [0.4, 0.5) is 5.69 Å². The highest BCUT2D eigenvalue weighted by atomic mass is 32.1. The largest absolute Gasteiger partial charge is 0.465 e. The van der Waals surface area contributed by atoms with Gasteiger partial charge in [0.2, 0.25) is 5.91 Å². The monoisotopic (exact) mass is 280 g/mol. The van der Waals surface area contributed by atoms with Crippen LogP contribution in [0.5, 0.6) is 0 Å². The molecule has 0 unspecified atom stereocenters. The summed E-state index contributed by atoms with van der Waals surface area (Å²) < 4.78 is 4.62. The standard InChI is InChI=1S/C13H16N2O3S/c1-8(2)11(16)15-13(19)14-10-6-4-5-9(7-10)12(17)18-3/h4-8H,1-3H3,(H2,14,15,16,19). The molecule has 1 amide bonds. The highest BCUT2D eigenvalue weighted by molar-refractivity contribution is 7.80. The first-order chi connectivity index (χ1) is 8.93. The summed E-state index contributed by atoms with van der Waals surface area (Å²) in [4.78, 5) is 22.8. The lowest BCUT2D eigenvalue weighted by Crippen LogP contribution is -2.36. The van der Waals surface area contributed by atoms with Gasteiger partial charge in [-0.1, -0.05) is 19.9 Å². The first kappa shape index (κ1) is 15.1. The zero-order valence-corrected chi connectivity index (χ0v) is 11.8. The van der Waals surface area contributed by atoms with Gasteiger partial charge in [-0.25, -0.2) is 4.79 Å². The molecule has 2 N–H and O–H groups in total. The number of methoxy groups -OCH3 is 1. The molecule has 0 saturated carbocycles. The topological polar surface area (TPSA) is 67.4 Å². The van der Waals surface area contributed by atoms with Crippen LogP contribution in [0, 0.1) is 5.92 Å². The summed E-state index contributed by atoms with van der Waals surface area (Å²) in [6.07, 6.45) is 0. The van der Waals surface area contributed by atoms with Crippen LogP contribution in [0.3, 0.4) is 0 Å². The van der Waals surface area contributed by atoms with Crippen molar-refractivity contribution in [3.8, 4) is 0 Å². The fourth-order valence-corrected chi connectivity index (χ4v) is 1.48. The molecule has 0 bridgehead atoms. The van der Waals surface area contributed by atoms with E-state index in [-0.39, 0.29) is 16.9 Å². The van der Waals surface area contributed by atoms with E-state index in [1.165, 1.54) is 7.11 Å². The number of hydrogen-bond donors (Lipinski definition) is 2. The second-order valence-electron chi connectivity index (χ2n) is 4.17. The van der Waals surface area contributed by atoms with Crippen molar-refractivity contribution < 1.29 is 14.3 Å². The zero-order valence-electron chi connectivity index (χ0n) is 11.0. The highest BCUT2D eigenvalue weighted by Gasteiger charge is 2.10. The van der Waals surface area contributed by atoms with Gasteiger partial charge in [-0.3, -0.25) is 4.79 Å². The minimum absolute atomic E-state index is 0.152. The molecule has 0 aliphatic heterocycles. The number of nitrogens with one attached hydrogen (secondary N) is 2. The number of thiocarbonyl (C=S) groups is 1. The molecule has 5 nitrogen and oxygen atoms in total. The Morgan fingerprint density at radius 2 is 2.00 bits per heavy atom. The van der Waals surface area contributed by atoms with E-state index in [0.29, 0.717) is 11.3 Å². The van der Waals surface area contributed by atoms with Gasteiger partial charge in [-0.2, -0.15) is 0 Å². The fourth-order valence-electron chi connectivity index (χ4n) is 1.26. The van der Waals surface area contributed by atoms with E-state index in [1.807, 2.05) is 0 Å². The fraction of sp³-hybridized carbons (Fsp3) is 0.308. The van der Waals surface area contributed by atoms with Gasteiger partial charge in [-0.15, -0.1) is 0 Å². The summed E-state index contributed by atoms with van der Waals surface area (Å²) in [7, 11) is 1.32. The number of esters is 1. The van der Waals surface area contributed by atoms with Gasteiger partial charge in [0.25, 0.3) is 0 Å². The summed E-state index contributed by atoms with van der Waals surface area (Å²) in [5, 5.41) is 5.59. The van der Waals surface area contributed by atoms with Crippen molar-refractivity contribution >= 4 is 34.9 Å². The van der Waals surface area contributed by atoms with Gasteiger partial charge < -0.3 is 15.4 Å². The third kappa shape index (κ3) is 4.67. The summed E-state index contributed by atoms with van der Waals surface area (Å²) in [5.74, 6) is -0.747. The molecule has 0 atom stereocenters. The van der Waals surface area contributed by atoms with Crippen molar-refractivity contribution in [3.05, 3.63) is 29.8 Å². The third-order valence-corrected chi connectivity index (χ3v) is 2.51. The Morgan fingerprint density at radius 1 is 1.32 bits per heavy atom. The molecule has 19 heavy (non-hydrogen) atoms. The van der Waals surface area contributed by atoms with Gasteiger partial charge in [0.05, 0.1) is 12.7 Å². The first-order valence-corrected chi connectivity index (χ1v) is 6.15. The van der Waals surface area contributed by atoms with Crippen molar-refractivity contribution in [1.29, 1.82) is 0 Å². The summed E-state index contributed by atoms with van der Waals surface area (Å²) in [6.45, 7) is 3.55. The summed E-state index contributed by atoms with van der Waals surface area (Å²) in [5.41, 5.74) is 1.02. The van der Waals surface area contributed by atoms with Crippen molar-refractivity contribution in [2.24, 2.45) is 5.92 Å². The predicted octanol–water partition coefficient (Wildman–Crippen LogP) is 1.94. The number of anilines is 1. The van der Waals surface area contributed by atoms with E-state index in [2.05, 4.69) is 15.4 Å². The Labute approximate surface area is 117 Å². The van der Waals surface area contributed by atoms with E-state index >= 15 is 0 Å². The van der Waals surface area contributed by atoms with Crippen LogP contribution >= 0.6 is 12.2 Å². The maximum absolute atomic E-state index is 11.5. The van der Waals surface area contributed by atoms with Crippen LogP contribution in [-0.2, 0) is 9.53 Å². The number of hydrogen-bond acceptors (Lipinski definition) is 4. The molecule has 1 aromatic rings. The quantitative estimate of drug-likeness (QED) is 0.654. The molecule has 0 aliphatic rings. The van der Waals surface area contributed by atoms with Crippen LogP contribution in [0.25, 0.3) is 0 Å². The Bertz CT molecular complexity index is 500. The van der Waals surface area contributed by atoms with E-state index in [9.17, 15) is 9.59 Å². The van der Waals surface area contributed by atoms with Crippen LogP contribution in [0.2, 0.25) is 0 Å². The molecule has 1 rings (SSSR count). The molecular weight excluding hydrogens is 264 g/mol. The lowest BCUT2D eigenvalue weighted by Gasteiger charge is -2.11. The SMILES string of the molecule is COC(=O)c1cccc(NC(=S)NC(=O)C(C)C)c1. The number of benzene rings is 1. The van der Waals surface area contributed by atoms with Crippen molar-refractivity contribution in [2.45, 2.75) is 13.8 Å². The van der Waals surface area contributed by atoms with Crippen LogP contribution in [0.15, 0.2) is 24.3 Å². The maximum Gasteiger partial charge on any atom is 0.337 e. The molecular formula is C13H16N2O3S. The molecule has 1 aromatic carbocycles. The van der Waals surface area contributed by atoms with Crippen LogP contribution < -0.4 is 10.6 Å². The molecule has 0 spiro atoms. The van der Waals surface area contributed by atoms with Crippen LogP contribution in [0.1, 0.15) is 24.2 Å². The number of carbonyl (C=O) groups is 2. The molecule has 0 fully saturated rings. The summed E-state index contributed by atoms with van der Waals surface area (Å²) >= 11 is 5.01. The predicted molar refractivity (Wildman–Crippen MR) is 77.0 cm³/mol. The Kier molecular flexibility index (Phi) is 5.44. The summed E-state index contributed by atoms with van der Waals surface area (Å²) in [6, 6.07) is 6.66. The van der Waals surface area contributed by atoms with E-state index in [4.69, 9.17) is 12.2 Å². The van der Waals surface area contributed by atoms with E-state index < -0.39 is 5.97 Å². The number of carbonyl (C=O) groups excluding carboxylic acids is 2. The number of amides is 1. The molecule has 0 aromatic heterocycles. The Balaban J connectivity index is 2.69. The number of ether oxygens (including phenoxy) is 1. The van der Waals surface area contributed by atoms with Gasteiger partial charge in [0, 0.05) is 11.6 Å². The van der Waals surface area contributed by atoms with Crippen molar-refractivity contribution in [3.63, 3.8) is 0 Å². The third-order valence-electron chi connectivity index (χ3n) is 2.30. The number of rotatable bonds is 3. The smallest absolute Gasteiger partial charge is 0.337 e. The minimum Gasteiger partial charge on any atom is -0.465 e. The molecule has 0 aliphatic carbocycles. The normalized spacial score (nSPS) is 9.89. The molecule has 0 radical (unpaired) electrons. The Hall–Kier alpha value is -1.95. The maximum atomic E-state index is 11.5. The minimum atomic E-state index is -0.430. The van der Waals surface area contributed by atoms with Crippen molar-refractivity contribution in [1.82, 2.24) is 5.32 Å². The first-order valence-electron chi connectivity index (χ1n) is 5.74. The van der Waals surface area contributed by atoms with Crippen molar-refractivity contribution in [2.75, 3.05) is 12.4 Å². The molecule has 0 saturated heterocycles. The Morgan fingerprint density at radius 3 is 2.58 bits per heavy atom. The lowest BCUT2D eigenvalue weighted by atomic mass is 10.2. The van der Waals surface area contributed by atoms with Gasteiger partial charge in [-0.05, 0) is 30.4 Å². The molecule has 6 heteroatoms. The second kappa shape index (κ2) is 6.84. The van der Waals surface area contributed by atoms with Gasteiger partial charge >= 0.3 is 5.97 Å². The lowest BCUT2D eigenvalue weighted by molar-refractivity contribution is -0.122. The van der Waals surface area contributed by atoms with Crippen LogP contribution in [-0.4, -0.2) is 24.1 Å². The van der Waals surface area contributed by atoms with E-state index in [1.54, 1.807) is 38.1 Å². The average molecular weight is 280 g/mol. The molecule has 0 heterocycles. The average Bonchev–Trinajstić information content (AvgIpc) is 2.37.